The van der Waals surface area contributed by atoms with Crippen molar-refractivity contribution in [3.05, 3.63) is 20.3 Å². The molecule has 1 aromatic heterocycles. The Bertz CT molecular complexity index is 376. The van der Waals surface area contributed by atoms with Crippen LogP contribution in [0.5, 0.6) is 0 Å². The minimum Gasteiger partial charge on any atom is -0.481 e. The van der Waals surface area contributed by atoms with Gasteiger partial charge in [0.2, 0.25) is 0 Å². The van der Waals surface area contributed by atoms with Crippen molar-refractivity contribution in [3.63, 3.8) is 0 Å². The number of carbonyl (C=O) groups is 1. The molecule has 1 N–H and O–H groups in total. The maximum Gasteiger partial charge on any atom is 0.303 e. The maximum absolute atomic E-state index is 13.5. The van der Waals surface area contributed by atoms with Gasteiger partial charge in [0.15, 0.2) is 0 Å². The first kappa shape index (κ1) is 12.6. The lowest BCUT2D eigenvalue weighted by atomic mass is 10.1. The Morgan fingerprint density at radius 1 is 1.67 bits per heavy atom. The molecular formula is C9H9BrF2O2S. The van der Waals surface area contributed by atoms with Crippen LogP contribution >= 0.6 is 27.3 Å². The number of hydrogen-bond donors (Lipinski definition) is 1. The zero-order valence-electron chi connectivity index (χ0n) is 7.89. The normalized spacial score (nSPS) is 11.7. The third kappa shape index (κ3) is 3.24. The van der Waals surface area contributed by atoms with Crippen molar-refractivity contribution < 1.29 is 18.7 Å². The SMILES string of the molecule is Cc1sc(Br)cc1C(F)(F)CCC(=O)O. The number of aryl methyl sites for hydroxylation is 1. The Balaban J connectivity index is 2.85. The molecule has 0 amide bonds. The van der Waals surface area contributed by atoms with Crippen molar-refractivity contribution in [1.29, 1.82) is 0 Å². The van der Waals surface area contributed by atoms with Crippen LogP contribution in [0.4, 0.5) is 8.78 Å². The second kappa shape index (κ2) is 4.57. The monoisotopic (exact) mass is 298 g/mol. The first-order valence-corrected chi connectivity index (χ1v) is 5.80. The topological polar surface area (TPSA) is 37.3 Å². The molecular weight excluding hydrogens is 290 g/mol. The molecule has 0 fully saturated rings. The fraction of sp³-hybridized carbons (Fsp3) is 0.444. The summed E-state index contributed by atoms with van der Waals surface area (Å²) in [7, 11) is 0. The van der Waals surface area contributed by atoms with Crippen molar-refractivity contribution in [2.45, 2.75) is 25.7 Å². The standard InChI is InChI=1S/C9H9BrF2O2S/c1-5-6(4-7(10)15-5)9(11,12)3-2-8(13)14/h4H,2-3H2,1H3,(H,13,14). The quantitative estimate of drug-likeness (QED) is 0.918. The first-order valence-electron chi connectivity index (χ1n) is 4.19. The molecule has 84 valence electrons. The number of hydrogen-bond acceptors (Lipinski definition) is 2. The number of rotatable bonds is 4. The summed E-state index contributed by atoms with van der Waals surface area (Å²) in [6, 6.07) is 1.35. The van der Waals surface area contributed by atoms with Crippen molar-refractivity contribution in [2.24, 2.45) is 0 Å². The van der Waals surface area contributed by atoms with E-state index in [2.05, 4.69) is 15.9 Å². The average molecular weight is 299 g/mol. The van der Waals surface area contributed by atoms with Crippen LogP contribution in [0.2, 0.25) is 0 Å². The summed E-state index contributed by atoms with van der Waals surface area (Å²) in [4.78, 5) is 10.7. The summed E-state index contributed by atoms with van der Waals surface area (Å²) in [6.45, 7) is 1.60. The molecule has 2 nitrogen and oxygen atoms in total. The van der Waals surface area contributed by atoms with Gasteiger partial charge in [-0.1, -0.05) is 0 Å². The van der Waals surface area contributed by atoms with Gasteiger partial charge < -0.3 is 5.11 Å². The third-order valence-electron chi connectivity index (χ3n) is 1.93. The summed E-state index contributed by atoms with van der Waals surface area (Å²) >= 11 is 4.34. The summed E-state index contributed by atoms with van der Waals surface area (Å²) in [6.07, 6.45) is -1.19. The molecule has 0 aliphatic heterocycles. The molecule has 0 aromatic carbocycles. The minimum atomic E-state index is -3.06. The van der Waals surface area contributed by atoms with Crippen LogP contribution in [0.3, 0.4) is 0 Å². The highest BCUT2D eigenvalue weighted by Crippen LogP contribution is 2.40. The zero-order chi connectivity index (χ0) is 11.6. The number of thiophene rings is 1. The maximum atomic E-state index is 13.5. The third-order valence-corrected chi connectivity index (χ3v) is 3.49. The highest BCUT2D eigenvalue weighted by molar-refractivity contribution is 9.11. The molecule has 0 saturated heterocycles. The second-order valence-corrected chi connectivity index (χ2v) is 5.75. The molecule has 0 saturated carbocycles. The molecule has 0 aliphatic rings. The van der Waals surface area contributed by atoms with Gasteiger partial charge in [-0.25, -0.2) is 8.78 Å². The van der Waals surface area contributed by atoms with Crippen molar-refractivity contribution in [3.8, 4) is 0 Å². The Morgan fingerprint density at radius 3 is 2.67 bits per heavy atom. The van der Waals surface area contributed by atoms with Crippen LogP contribution in [0, 0.1) is 6.92 Å². The molecule has 0 unspecified atom stereocenters. The predicted molar refractivity (Wildman–Crippen MR) is 57.5 cm³/mol. The summed E-state index contributed by atoms with van der Waals surface area (Å²) in [5, 5.41) is 8.36. The fourth-order valence-corrected chi connectivity index (χ4v) is 2.95. The molecule has 15 heavy (non-hydrogen) atoms. The fourth-order valence-electron chi connectivity index (χ4n) is 1.21. The molecule has 0 aliphatic carbocycles. The van der Waals surface area contributed by atoms with Gasteiger partial charge in [-0.2, -0.15) is 0 Å². The molecule has 6 heteroatoms. The smallest absolute Gasteiger partial charge is 0.303 e. The zero-order valence-corrected chi connectivity index (χ0v) is 10.3. The molecule has 0 spiro atoms. The van der Waals surface area contributed by atoms with E-state index in [-0.39, 0.29) is 5.56 Å². The highest BCUT2D eigenvalue weighted by atomic mass is 79.9. The molecule has 1 aromatic rings. The van der Waals surface area contributed by atoms with E-state index in [1.807, 2.05) is 0 Å². The lowest BCUT2D eigenvalue weighted by molar-refractivity contribution is -0.139. The Morgan fingerprint density at radius 2 is 2.27 bits per heavy atom. The minimum absolute atomic E-state index is 0.0828. The Kier molecular flexibility index (Phi) is 3.83. The number of carboxylic acids is 1. The first-order chi connectivity index (χ1) is 6.83. The average Bonchev–Trinajstić information content (AvgIpc) is 2.43. The molecule has 0 bridgehead atoms. The van der Waals surface area contributed by atoms with Gasteiger partial charge in [-0.3, -0.25) is 4.79 Å². The largest absolute Gasteiger partial charge is 0.481 e. The Labute approximate surface area is 98.1 Å². The van der Waals surface area contributed by atoms with Crippen LogP contribution < -0.4 is 0 Å². The van der Waals surface area contributed by atoms with E-state index in [1.165, 1.54) is 17.4 Å². The van der Waals surface area contributed by atoms with Crippen LogP contribution in [0.15, 0.2) is 9.85 Å². The van der Waals surface area contributed by atoms with Gasteiger partial charge in [-0.05, 0) is 28.9 Å². The summed E-state index contributed by atoms with van der Waals surface area (Å²) < 4.78 is 27.7. The second-order valence-electron chi connectivity index (χ2n) is 3.12. The molecule has 0 radical (unpaired) electrons. The lowest BCUT2D eigenvalue weighted by Gasteiger charge is -2.14. The Hall–Kier alpha value is -0.490. The van der Waals surface area contributed by atoms with Crippen molar-refractivity contribution >= 4 is 33.2 Å². The summed E-state index contributed by atoms with van der Waals surface area (Å²) in [5.41, 5.74) is -0.0828. The lowest BCUT2D eigenvalue weighted by Crippen LogP contribution is -2.15. The van der Waals surface area contributed by atoms with Crippen LogP contribution in [-0.4, -0.2) is 11.1 Å². The van der Waals surface area contributed by atoms with Gasteiger partial charge in [0.1, 0.15) is 0 Å². The predicted octanol–water partition coefficient (Wildman–Crippen LogP) is 3.78. The van der Waals surface area contributed by atoms with Crippen LogP contribution in [0.1, 0.15) is 23.3 Å². The molecule has 0 atom stereocenters. The van der Waals surface area contributed by atoms with E-state index in [0.29, 0.717) is 8.66 Å². The molecule has 1 rings (SSSR count). The van der Waals surface area contributed by atoms with E-state index < -0.39 is 24.7 Å². The highest BCUT2D eigenvalue weighted by Gasteiger charge is 2.34. The summed E-state index contributed by atoms with van der Waals surface area (Å²) in [5.74, 6) is -4.27. The number of alkyl halides is 2. The van der Waals surface area contributed by atoms with E-state index in [0.717, 1.165) is 0 Å². The molecule has 1 heterocycles. The van der Waals surface area contributed by atoms with Gasteiger partial charge in [-0.15, -0.1) is 11.3 Å². The van der Waals surface area contributed by atoms with Gasteiger partial charge >= 0.3 is 5.97 Å². The van der Waals surface area contributed by atoms with Crippen LogP contribution in [-0.2, 0) is 10.7 Å². The van der Waals surface area contributed by atoms with E-state index in [4.69, 9.17) is 5.11 Å². The van der Waals surface area contributed by atoms with E-state index in [9.17, 15) is 13.6 Å². The van der Waals surface area contributed by atoms with Crippen LogP contribution in [0.25, 0.3) is 0 Å². The van der Waals surface area contributed by atoms with Crippen molar-refractivity contribution in [1.82, 2.24) is 0 Å². The number of aliphatic carboxylic acids is 1. The number of carboxylic acid groups (broad SMARTS) is 1. The van der Waals surface area contributed by atoms with E-state index in [1.54, 1.807) is 6.92 Å². The number of halogens is 3. The van der Waals surface area contributed by atoms with Gasteiger partial charge in [0, 0.05) is 16.9 Å². The van der Waals surface area contributed by atoms with Crippen molar-refractivity contribution in [2.75, 3.05) is 0 Å². The van der Waals surface area contributed by atoms with Gasteiger partial charge in [0.25, 0.3) is 5.92 Å². The van der Waals surface area contributed by atoms with Gasteiger partial charge in [0.05, 0.1) is 10.2 Å². The van der Waals surface area contributed by atoms with E-state index >= 15 is 0 Å².